The maximum atomic E-state index is 2.50. The zero-order chi connectivity index (χ0) is 21.1. The van der Waals surface area contributed by atoms with Crippen LogP contribution in [0.25, 0.3) is 0 Å². The molecule has 0 saturated carbocycles. The smallest absolute Gasteiger partial charge is 0.0237 e. The molecule has 1 nitrogen and oxygen atoms in total. The Morgan fingerprint density at radius 3 is 1.19 bits per heavy atom. The number of rotatable bonds is 7. The molecule has 0 amide bonds. The molecule has 2 aromatic rings. The number of hydrogen-bond donors (Lipinski definition) is 0. The van der Waals surface area contributed by atoms with Gasteiger partial charge in [-0.15, -0.1) is 0 Å². The Bertz CT molecular complexity index is 510. The van der Waals surface area contributed by atoms with E-state index in [1.165, 1.54) is 22.3 Å². The normalized spacial score (nSPS) is 9.26. The van der Waals surface area contributed by atoms with Crippen molar-refractivity contribution in [3.63, 3.8) is 0 Å². The molecule has 2 aromatic carbocycles. The molecule has 0 saturated heterocycles. The van der Waals surface area contributed by atoms with Crippen LogP contribution in [0, 0.1) is 0 Å². The van der Waals surface area contributed by atoms with Gasteiger partial charge in [-0.05, 0) is 41.6 Å². The molecule has 27 heavy (non-hydrogen) atoms. The van der Waals surface area contributed by atoms with Crippen LogP contribution in [-0.4, -0.2) is 11.4 Å². The summed E-state index contributed by atoms with van der Waals surface area (Å²) >= 11 is 0. The van der Waals surface area contributed by atoms with Gasteiger partial charge in [-0.1, -0.05) is 111 Å². The molecule has 0 aromatic heterocycles. The van der Waals surface area contributed by atoms with Crippen molar-refractivity contribution < 1.29 is 0 Å². The Kier molecular flexibility index (Phi) is 19.6. The van der Waals surface area contributed by atoms with Gasteiger partial charge in [-0.3, -0.25) is 4.90 Å². The fourth-order valence-corrected chi connectivity index (χ4v) is 2.69. The Morgan fingerprint density at radius 1 is 0.556 bits per heavy atom. The van der Waals surface area contributed by atoms with Gasteiger partial charge in [0, 0.05) is 13.1 Å². The first-order valence-corrected chi connectivity index (χ1v) is 11.1. The molecule has 0 spiro atoms. The molecule has 0 atom stereocenters. The van der Waals surface area contributed by atoms with Gasteiger partial charge in [0.1, 0.15) is 0 Å². The summed E-state index contributed by atoms with van der Waals surface area (Å²) in [4.78, 5) is 2.50. The fourth-order valence-electron chi connectivity index (χ4n) is 2.69. The lowest BCUT2D eigenvalue weighted by Gasteiger charge is -2.21. The highest BCUT2D eigenvalue weighted by molar-refractivity contribution is 5.25. The first-order valence-electron chi connectivity index (χ1n) is 11.1. The van der Waals surface area contributed by atoms with Gasteiger partial charge in [0.25, 0.3) is 0 Å². The minimum atomic E-state index is 1.03. The van der Waals surface area contributed by atoms with E-state index in [0.717, 1.165) is 32.5 Å². The molecular weight excluding hydrogens is 326 g/mol. The van der Waals surface area contributed by atoms with Gasteiger partial charge in [-0.25, -0.2) is 0 Å². The van der Waals surface area contributed by atoms with Crippen LogP contribution in [0.5, 0.6) is 0 Å². The molecule has 0 aliphatic rings. The average Bonchev–Trinajstić information content (AvgIpc) is 2.77. The molecule has 0 N–H and O–H groups in total. The lowest BCUT2D eigenvalue weighted by atomic mass is 10.1. The molecule has 0 fully saturated rings. The Hall–Kier alpha value is -1.60. The van der Waals surface area contributed by atoms with Gasteiger partial charge in [0.05, 0.1) is 0 Å². The van der Waals surface area contributed by atoms with Gasteiger partial charge < -0.3 is 0 Å². The van der Waals surface area contributed by atoms with Crippen molar-refractivity contribution in [2.45, 2.75) is 88.2 Å². The standard InChI is InChI=1S/C20H27N.3C2H6/c1-4-17-9-7-11-19(13-17)15-21(6-3)16-20-12-8-10-18(5-2)14-20;3*1-2/h7-14H,4-6,15-16H2,1-3H3;3*1-2H3. The number of aryl methyl sites for hydroxylation is 2. The van der Waals surface area contributed by atoms with Crippen LogP contribution in [0.3, 0.4) is 0 Å². The Labute approximate surface area is 170 Å². The van der Waals surface area contributed by atoms with Crippen LogP contribution >= 0.6 is 0 Å². The topological polar surface area (TPSA) is 3.24 Å². The monoisotopic (exact) mass is 371 g/mol. The summed E-state index contributed by atoms with van der Waals surface area (Å²) in [7, 11) is 0. The summed E-state index contributed by atoms with van der Waals surface area (Å²) in [5.74, 6) is 0. The highest BCUT2D eigenvalue weighted by Gasteiger charge is 2.06. The van der Waals surface area contributed by atoms with Crippen molar-refractivity contribution >= 4 is 0 Å². The molecule has 1 heteroatoms. The first-order chi connectivity index (χ1) is 13.2. The van der Waals surface area contributed by atoms with Crippen molar-refractivity contribution in [2.75, 3.05) is 6.54 Å². The molecule has 2 rings (SSSR count). The molecule has 154 valence electrons. The number of benzene rings is 2. The lowest BCUT2D eigenvalue weighted by molar-refractivity contribution is 0.271. The molecular formula is C26H45N. The maximum Gasteiger partial charge on any atom is 0.0237 e. The molecule has 0 heterocycles. The molecule has 0 unspecified atom stereocenters. The van der Waals surface area contributed by atoms with Crippen LogP contribution in [0.2, 0.25) is 0 Å². The van der Waals surface area contributed by atoms with Crippen molar-refractivity contribution in [2.24, 2.45) is 0 Å². The van der Waals surface area contributed by atoms with E-state index < -0.39 is 0 Å². The minimum absolute atomic E-state index is 1.03. The highest BCUT2D eigenvalue weighted by atomic mass is 15.1. The first kappa shape index (κ1) is 27.6. The zero-order valence-corrected chi connectivity index (χ0v) is 19.6. The SMILES string of the molecule is CC.CC.CC.CCc1cccc(CN(CC)Cc2cccc(CC)c2)c1. The summed E-state index contributed by atoms with van der Waals surface area (Å²) in [5.41, 5.74) is 5.69. The second kappa shape index (κ2) is 19.2. The third kappa shape index (κ3) is 11.7. The predicted octanol–water partition coefficient (Wildman–Crippen LogP) is 7.91. The molecule has 0 aliphatic carbocycles. The van der Waals surface area contributed by atoms with Crippen molar-refractivity contribution in [3.05, 3.63) is 70.8 Å². The largest absolute Gasteiger partial charge is 0.295 e. The van der Waals surface area contributed by atoms with E-state index in [-0.39, 0.29) is 0 Å². The number of hydrogen-bond acceptors (Lipinski definition) is 1. The summed E-state index contributed by atoms with van der Waals surface area (Å²) < 4.78 is 0. The van der Waals surface area contributed by atoms with Crippen LogP contribution in [0.15, 0.2) is 48.5 Å². The van der Waals surface area contributed by atoms with E-state index in [4.69, 9.17) is 0 Å². The molecule has 0 radical (unpaired) electrons. The maximum absolute atomic E-state index is 2.50. The van der Waals surface area contributed by atoms with Crippen LogP contribution in [0.4, 0.5) is 0 Å². The zero-order valence-electron chi connectivity index (χ0n) is 19.6. The van der Waals surface area contributed by atoms with E-state index in [1.807, 2.05) is 41.5 Å². The van der Waals surface area contributed by atoms with Gasteiger partial charge in [0.15, 0.2) is 0 Å². The summed E-state index contributed by atoms with van der Waals surface area (Å²) in [5, 5.41) is 0. The van der Waals surface area contributed by atoms with Gasteiger partial charge >= 0.3 is 0 Å². The Balaban J connectivity index is 0. The second-order valence-electron chi connectivity index (χ2n) is 5.65. The van der Waals surface area contributed by atoms with E-state index >= 15 is 0 Å². The van der Waals surface area contributed by atoms with Crippen molar-refractivity contribution in [3.8, 4) is 0 Å². The van der Waals surface area contributed by atoms with E-state index in [9.17, 15) is 0 Å². The van der Waals surface area contributed by atoms with E-state index in [0.29, 0.717) is 0 Å². The number of nitrogens with zero attached hydrogens (tertiary/aromatic N) is 1. The van der Waals surface area contributed by atoms with Gasteiger partial charge in [-0.2, -0.15) is 0 Å². The van der Waals surface area contributed by atoms with Crippen LogP contribution in [0.1, 0.15) is 84.6 Å². The average molecular weight is 372 g/mol. The minimum Gasteiger partial charge on any atom is -0.295 e. The van der Waals surface area contributed by atoms with Crippen molar-refractivity contribution in [1.29, 1.82) is 0 Å². The third-order valence-corrected chi connectivity index (χ3v) is 4.06. The highest BCUT2D eigenvalue weighted by Crippen LogP contribution is 2.13. The van der Waals surface area contributed by atoms with E-state index in [1.54, 1.807) is 0 Å². The molecule has 0 aliphatic heterocycles. The second-order valence-corrected chi connectivity index (χ2v) is 5.65. The molecule has 0 bridgehead atoms. The summed E-state index contributed by atoms with van der Waals surface area (Å²) in [6.45, 7) is 21.8. The predicted molar refractivity (Wildman–Crippen MR) is 125 cm³/mol. The summed E-state index contributed by atoms with van der Waals surface area (Å²) in [6.07, 6.45) is 2.22. The quantitative estimate of drug-likeness (QED) is 0.478. The lowest BCUT2D eigenvalue weighted by Crippen LogP contribution is -2.22. The summed E-state index contributed by atoms with van der Waals surface area (Å²) in [6, 6.07) is 17.9. The van der Waals surface area contributed by atoms with E-state index in [2.05, 4.69) is 74.2 Å². The van der Waals surface area contributed by atoms with Gasteiger partial charge in [0.2, 0.25) is 0 Å². The van der Waals surface area contributed by atoms with Crippen LogP contribution < -0.4 is 0 Å². The third-order valence-electron chi connectivity index (χ3n) is 4.06. The Morgan fingerprint density at radius 2 is 0.889 bits per heavy atom. The fraction of sp³-hybridized carbons (Fsp3) is 0.538. The van der Waals surface area contributed by atoms with Crippen molar-refractivity contribution in [1.82, 2.24) is 4.90 Å². The van der Waals surface area contributed by atoms with Crippen LogP contribution in [-0.2, 0) is 25.9 Å².